The van der Waals surface area contributed by atoms with Crippen molar-refractivity contribution >= 4 is 23.6 Å². The fourth-order valence-electron chi connectivity index (χ4n) is 0.941. The Kier molecular flexibility index (Phi) is 3.54. The van der Waals surface area contributed by atoms with Gasteiger partial charge in [0, 0.05) is 5.02 Å². The molecule has 0 aliphatic heterocycles. The highest BCUT2D eigenvalue weighted by Gasteiger charge is 2.07. The predicted octanol–water partition coefficient (Wildman–Crippen LogP) is 2.41. The second kappa shape index (κ2) is 4.67. The van der Waals surface area contributed by atoms with Gasteiger partial charge in [-0.25, -0.2) is 4.79 Å². The maximum atomic E-state index is 10.6. The van der Waals surface area contributed by atoms with Crippen LogP contribution in [0.15, 0.2) is 30.0 Å². The molecule has 14 heavy (non-hydrogen) atoms. The van der Waals surface area contributed by atoms with Crippen molar-refractivity contribution in [2.75, 3.05) is 7.11 Å². The summed E-state index contributed by atoms with van der Waals surface area (Å²) in [6.45, 7) is 0. The molecule has 0 heterocycles. The molecule has 0 saturated heterocycles. The van der Waals surface area contributed by atoms with Crippen molar-refractivity contribution < 1.29 is 14.6 Å². The average Bonchev–Trinajstić information content (AvgIpc) is 2.16. The number of rotatable bonds is 3. The predicted molar refractivity (Wildman–Crippen MR) is 54.1 cm³/mol. The van der Waals surface area contributed by atoms with Crippen LogP contribution in [0.25, 0.3) is 6.08 Å². The molecule has 1 aromatic rings. The maximum Gasteiger partial charge on any atom is 0.371 e. The Balaban J connectivity index is 3.07. The largest absolute Gasteiger partial charge is 0.490 e. The Labute approximate surface area is 86.6 Å². The molecule has 0 bridgehead atoms. The van der Waals surface area contributed by atoms with E-state index >= 15 is 0 Å². The molecule has 0 fully saturated rings. The van der Waals surface area contributed by atoms with Crippen molar-refractivity contribution in [3.05, 3.63) is 40.6 Å². The first-order chi connectivity index (χ1) is 6.65. The van der Waals surface area contributed by atoms with Crippen LogP contribution in [0.5, 0.6) is 0 Å². The molecule has 0 spiro atoms. The third-order valence-corrected chi connectivity index (χ3v) is 1.97. The van der Waals surface area contributed by atoms with Crippen LogP contribution in [0.3, 0.4) is 0 Å². The minimum Gasteiger partial charge on any atom is -0.490 e. The highest BCUT2D eigenvalue weighted by atomic mass is 35.5. The van der Waals surface area contributed by atoms with Crippen molar-refractivity contribution in [2.24, 2.45) is 0 Å². The van der Waals surface area contributed by atoms with E-state index in [0.29, 0.717) is 10.6 Å². The first kappa shape index (κ1) is 10.6. The molecule has 0 radical (unpaired) electrons. The quantitative estimate of drug-likeness (QED) is 0.618. The van der Waals surface area contributed by atoms with E-state index in [-0.39, 0.29) is 5.76 Å². The number of carboxylic acid groups (broad SMARTS) is 1. The Hall–Kier alpha value is -1.48. The molecule has 0 unspecified atom stereocenters. The number of carbonyl (C=O) groups is 1. The molecule has 0 saturated carbocycles. The zero-order valence-electron chi connectivity index (χ0n) is 7.53. The standard InChI is InChI=1S/C10H9ClO3/c1-14-9(10(12)13)6-7-4-2-3-5-8(7)11/h2-6H,1H3,(H,12,13)/b9-6+. The van der Waals surface area contributed by atoms with Crippen molar-refractivity contribution in [3.63, 3.8) is 0 Å². The lowest BCUT2D eigenvalue weighted by molar-refractivity contribution is -0.135. The van der Waals surface area contributed by atoms with Crippen LogP contribution in [0.1, 0.15) is 5.56 Å². The Morgan fingerprint density at radius 3 is 2.64 bits per heavy atom. The third-order valence-electron chi connectivity index (χ3n) is 1.62. The molecular formula is C10H9ClO3. The summed E-state index contributed by atoms with van der Waals surface area (Å²) in [4.78, 5) is 10.6. The van der Waals surface area contributed by atoms with Gasteiger partial charge in [0.1, 0.15) is 0 Å². The SMILES string of the molecule is CO/C(=C/c1ccccc1Cl)C(=O)O. The van der Waals surface area contributed by atoms with E-state index < -0.39 is 5.97 Å². The van der Waals surface area contributed by atoms with Gasteiger partial charge in [0.15, 0.2) is 0 Å². The van der Waals surface area contributed by atoms with Crippen LogP contribution in [-0.2, 0) is 9.53 Å². The molecule has 0 aliphatic carbocycles. The normalized spacial score (nSPS) is 11.1. The number of benzene rings is 1. The minimum atomic E-state index is -1.12. The first-order valence-corrected chi connectivity index (χ1v) is 4.26. The Morgan fingerprint density at radius 1 is 1.50 bits per heavy atom. The molecule has 0 atom stereocenters. The van der Waals surface area contributed by atoms with E-state index in [9.17, 15) is 4.79 Å². The topological polar surface area (TPSA) is 46.5 Å². The van der Waals surface area contributed by atoms with Gasteiger partial charge in [0.05, 0.1) is 7.11 Å². The summed E-state index contributed by atoms with van der Waals surface area (Å²) in [5, 5.41) is 9.18. The number of hydrogen-bond acceptors (Lipinski definition) is 2. The highest BCUT2D eigenvalue weighted by molar-refractivity contribution is 6.32. The van der Waals surface area contributed by atoms with Crippen LogP contribution in [0.4, 0.5) is 0 Å². The second-order valence-electron chi connectivity index (χ2n) is 2.54. The summed E-state index contributed by atoms with van der Waals surface area (Å²) >= 11 is 5.84. The molecule has 74 valence electrons. The molecule has 1 N–H and O–H groups in total. The van der Waals surface area contributed by atoms with E-state index in [1.165, 1.54) is 13.2 Å². The van der Waals surface area contributed by atoms with Crippen LogP contribution in [0.2, 0.25) is 5.02 Å². The van der Waals surface area contributed by atoms with Gasteiger partial charge in [-0.15, -0.1) is 0 Å². The first-order valence-electron chi connectivity index (χ1n) is 3.88. The van der Waals surface area contributed by atoms with Gasteiger partial charge in [-0.05, 0) is 17.7 Å². The number of carboxylic acids is 1. The smallest absolute Gasteiger partial charge is 0.371 e. The summed E-state index contributed by atoms with van der Waals surface area (Å²) in [7, 11) is 1.30. The fraction of sp³-hybridized carbons (Fsp3) is 0.100. The Bertz CT molecular complexity index is 371. The summed E-state index contributed by atoms with van der Waals surface area (Å²) in [5.41, 5.74) is 0.619. The van der Waals surface area contributed by atoms with Crippen molar-refractivity contribution in [2.45, 2.75) is 0 Å². The zero-order chi connectivity index (χ0) is 10.6. The van der Waals surface area contributed by atoms with Gasteiger partial charge in [0.25, 0.3) is 0 Å². The lowest BCUT2D eigenvalue weighted by Gasteiger charge is -2.01. The number of ether oxygens (including phenoxy) is 1. The molecule has 4 heteroatoms. The van der Waals surface area contributed by atoms with Crippen molar-refractivity contribution in [1.82, 2.24) is 0 Å². The summed E-state index contributed by atoms with van der Waals surface area (Å²) < 4.78 is 4.67. The summed E-state index contributed by atoms with van der Waals surface area (Å²) in [6.07, 6.45) is 1.38. The Morgan fingerprint density at radius 2 is 2.14 bits per heavy atom. The van der Waals surface area contributed by atoms with E-state index in [4.69, 9.17) is 16.7 Å². The molecule has 3 nitrogen and oxygen atoms in total. The van der Waals surface area contributed by atoms with Gasteiger partial charge in [-0.2, -0.15) is 0 Å². The molecule has 1 rings (SSSR count). The van der Waals surface area contributed by atoms with E-state index in [1.54, 1.807) is 24.3 Å². The minimum absolute atomic E-state index is 0.141. The number of halogens is 1. The van der Waals surface area contributed by atoms with Crippen molar-refractivity contribution in [3.8, 4) is 0 Å². The average molecular weight is 213 g/mol. The zero-order valence-corrected chi connectivity index (χ0v) is 8.28. The van der Waals surface area contributed by atoms with Crippen molar-refractivity contribution in [1.29, 1.82) is 0 Å². The second-order valence-corrected chi connectivity index (χ2v) is 2.95. The molecular weight excluding hydrogens is 204 g/mol. The monoisotopic (exact) mass is 212 g/mol. The lowest BCUT2D eigenvalue weighted by Crippen LogP contribution is -2.01. The van der Waals surface area contributed by atoms with Gasteiger partial charge in [0.2, 0.25) is 5.76 Å². The fourth-order valence-corrected chi connectivity index (χ4v) is 1.13. The van der Waals surface area contributed by atoms with Gasteiger partial charge in [-0.3, -0.25) is 0 Å². The lowest BCUT2D eigenvalue weighted by atomic mass is 10.2. The highest BCUT2D eigenvalue weighted by Crippen LogP contribution is 2.18. The maximum absolute atomic E-state index is 10.6. The van der Waals surface area contributed by atoms with Crippen LogP contribution < -0.4 is 0 Å². The number of aliphatic carboxylic acids is 1. The van der Waals surface area contributed by atoms with E-state index in [0.717, 1.165) is 0 Å². The molecule has 0 aliphatic rings. The van der Waals surface area contributed by atoms with E-state index in [1.807, 2.05) is 0 Å². The summed E-state index contributed by atoms with van der Waals surface area (Å²) in [5.74, 6) is -1.26. The van der Waals surface area contributed by atoms with Gasteiger partial charge in [-0.1, -0.05) is 29.8 Å². The molecule has 0 amide bonds. The van der Waals surface area contributed by atoms with Crippen LogP contribution in [-0.4, -0.2) is 18.2 Å². The van der Waals surface area contributed by atoms with Gasteiger partial charge < -0.3 is 9.84 Å². The van der Waals surface area contributed by atoms with Crippen LogP contribution in [0, 0.1) is 0 Å². The summed E-state index contributed by atoms with van der Waals surface area (Å²) in [6, 6.07) is 6.94. The molecule has 0 aromatic heterocycles. The van der Waals surface area contributed by atoms with E-state index in [2.05, 4.69) is 4.74 Å². The number of hydrogen-bond donors (Lipinski definition) is 1. The third kappa shape index (κ3) is 2.50. The molecule has 1 aromatic carbocycles. The number of methoxy groups -OCH3 is 1. The van der Waals surface area contributed by atoms with Gasteiger partial charge >= 0.3 is 5.97 Å². The van der Waals surface area contributed by atoms with Crippen LogP contribution >= 0.6 is 11.6 Å².